The molecular formula is C17H22ClNO4. The van der Waals surface area contributed by atoms with E-state index in [1.54, 1.807) is 24.0 Å². The average Bonchev–Trinajstić information content (AvgIpc) is 2.46. The molecule has 1 aromatic rings. The van der Waals surface area contributed by atoms with Gasteiger partial charge in [-0.05, 0) is 30.5 Å². The van der Waals surface area contributed by atoms with E-state index in [1.807, 2.05) is 26.0 Å². The van der Waals surface area contributed by atoms with Crippen LogP contribution < -0.4 is 0 Å². The topological polar surface area (TPSA) is 66.8 Å². The van der Waals surface area contributed by atoms with Gasteiger partial charge in [0, 0.05) is 11.6 Å². The lowest BCUT2D eigenvalue weighted by atomic mass is 9.87. The molecule has 1 heterocycles. The third-order valence-electron chi connectivity index (χ3n) is 3.99. The van der Waals surface area contributed by atoms with Gasteiger partial charge >= 0.3 is 5.97 Å². The first kappa shape index (κ1) is 17.8. The van der Waals surface area contributed by atoms with E-state index in [4.69, 9.17) is 16.3 Å². The number of rotatable bonds is 4. The van der Waals surface area contributed by atoms with Crippen molar-refractivity contribution >= 4 is 23.5 Å². The lowest BCUT2D eigenvalue weighted by Gasteiger charge is -2.37. The third kappa shape index (κ3) is 4.24. The second kappa shape index (κ2) is 7.32. The molecule has 1 aromatic carbocycles. The van der Waals surface area contributed by atoms with Gasteiger partial charge in [-0.25, -0.2) is 4.79 Å². The largest absolute Gasteiger partial charge is 0.479 e. The average molecular weight is 340 g/mol. The Morgan fingerprint density at radius 3 is 2.61 bits per heavy atom. The molecule has 2 unspecified atom stereocenters. The van der Waals surface area contributed by atoms with E-state index >= 15 is 0 Å². The lowest BCUT2D eigenvalue weighted by Crippen LogP contribution is -2.53. The molecule has 126 valence electrons. The van der Waals surface area contributed by atoms with Crippen LogP contribution in [-0.4, -0.2) is 47.2 Å². The number of nitrogens with zero attached hydrogens (tertiary/aromatic N) is 1. The van der Waals surface area contributed by atoms with Gasteiger partial charge in [0.2, 0.25) is 5.91 Å². The fourth-order valence-electron chi connectivity index (χ4n) is 2.98. The zero-order chi connectivity index (χ0) is 17.1. The maximum atomic E-state index is 13.0. The lowest BCUT2D eigenvalue weighted by molar-refractivity contribution is -0.167. The van der Waals surface area contributed by atoms with Gasteiger partial charge in [0.1, 0.15) is 0 Å². The fraction of sp³-hybridized carbons (Fsp3) is 0.529. The zero-order valence-corrected chi connectivity index (χ0v) is 14.3. The Morgan fingerprint density at radius 2 is 2.04 bits per heavy atom. The number of ether oxygens (including phenoxy) is 1. The van der Waals surface area contributed by atoms with E-state index in [1.165, 1.54) is 0 Å². The maximum Gasteiger partial charge on any atom is 0.334 e. The van der Waals surface area contributed by atoms with Crippen molar-refractivity contribution < 1.29 is 19.4 Å². The highest BCUT2D eigenvalue weighted by atomic mass is 35.5. The van der Waals surface area contributed by atoms with E-state index < -0.39 is 12.1 Å². The molecule has 6 heteroatoms. The van der Waals surface area contributed by atoms with Crippen LogP contribution in [0.5, 0.6) is 0 Å². The van der Waals surface area contributed by atoms with Gasteiger partial charge in [0.05, 0.1) is 18.6 Å². The molecule has 1 fully saturated rings. The predicted octanol–water partition coefficient (Wildman–Crippen LogP) is 2.78. The number of carboxylic acid groups (broad SMARTS) is 1. The van der Waals surface area contributed by atoms with Crippen molar-refractivity contribution in [2.45, 2.75) is 38.9 Å². The van der Waals surface area contributed by atoms with Crippen LogP contribution >= 0.6 is 11.6 Å². The minimum atomic E-state index is -1.04. The van der Waals surface area contributed by atoms with Gasteiger partial charge in [0.25, 0.3) is 0 Å². The number of carbonyl (C=O) groups excluding carboxylic acids is 1. The Morgan fingerprint density at radius 1 is 1.35 bits per heavy atom. The Kier molecular flexibility index (Phi) is 5.65. The van der Waals surface area contributed by atoms with Crippen LogP contribution in [0.25, 0.3) is 0 Å². The van der Waals surface area contributed by atoms with Crippen LogP contribution in [-0.2, 0) is 14.3 Å². The molecule has 5 nitrogen and oxygen atoms in total. The summed E-state index contributed by atoms with van der Waals surface area (Å²) in [5.41, 5.74) is 0.850. The molecule has 23 heavy (non-hydrogen) atoms. The minimum Gasteiger partial charge on any atom is -0.479 e. The van der Waals surface area contributed by atoms with Crippen molar-refractivity contribution in [1.29, 1.82) is 0 Å². The summed E-state index contributed by atoms with van der Waals surface area (Å²) in [6.07, 6.45) is -1.28. The van der Waals surface area contributed by atoms with Crippen molar-refractivity contribution in [3.8, 4) is 0 Å². The molecule has 0 saturated carbocycles. The van der Waals surface area contributed by atoms with Gasteiger partial charge < -0.3 is 14.7 Å². The summed E-state index contributed by atoms with van der Waals surface area (Å²) in [7, 11) is 0. The van der Waals surface area contributed by atoms with Gasteiger partial charge in [-0.1, -0.05) is 37.6 Å². The maximum absolute atomic E-state index is 13.0. The van der Waals surface area contributed by atoms with Crippen molar-refractivity contribution in [2.24, 2.45) is 5.92 Å². The minimum absolute atomic E-state index is 0.0717. The smallest absolute Gasteiger partial charge is 0.334 e. The summed E-state index contributed by atoms with van der Waals surface area (Å²) in [5.74, 6) is -1.40. The summed E-state index contributed by atoms with van der Waals surface area (Å²) < 4.78 is 5.38. The molecule has 0 aliphatic carbocycles. The van der Waals surface area contributed by atoms with Crippen molar-refractivity contribution in [1.82, 2.24) is 4.90 Å². The van der Waals surface area contributed by atoms with Crippen LogP contribution in [0.4, 0.5) is 0 Å². The SMILES string of the molecule is CC(C)C(C(=O)N1CC(C(=O)O)O[C@H](C)C1)c1cccc(Cl)c1. The van der Waals surface area contributed by atoms with Gasteiger partial charge in [0.15, 0.2) is 6.10 Å². The first-order chi connectivity index (χ1) is 10.8. The summed E-state index contributed by atoms with van der Waals surface area (Å²) in [6, 6.07) is 7.27. The van der Waals surface area contributed by atoms with Gasteiger partial charge in [-0.2, -0.15) is 0 Å². The zero-order valence-electron chi connectivity index (χ0n) is 13.5. The number of hydrogen-bond acceptors (Lipinski definition) is 3. The molecule has 1 saturated heterocycles. The van der Waals surface area contributed by atoms with E-state index in [0.29, 0.717) is 11.6 Å². The van der Waals surface area contributed by atoms with Crippen molar-refractivity contribution in [2.75, 3.05) is 13.1 Å². The van der Waals surface area contributed by atoms with Crippen molar-refractivity contribution in [3.05, 3.63) is 34.9 Å². The van der Waals surface area contributed by atoms with Crippen LogP contribution in [0.2, 0.25) is 5.02 Å². The summed E-state index contributed by atoms with van der Waals surface area (Å²) in [5, 5.41) is 9.76. The normalized spacial score (nSPS) is 22.9. The number of halogens is 1. The standard InChI is InChI=1S/C17H22ClNO4/c1-10(2)15(12-5-4-6-13(18)7-12)16(20)19-8-11(3)23-14(9-19)17(21)22/h4-7,10-11,14-15H,8-9H2,1-3H3,(H,21,22)/t11-,14?,15?/m1/s1. The second-order valence-corrected chi connectivity index (χ2v) is 6.73. The Labute approximate surface area is 141 Å². The molecule has 1 aliphatic heterocycles. The van der Waals surface area contributed by atoms with E-state index in [0.717, 1.165) is 5.56 Å². The Balaban J connectivity index is 2.25. The number of carbonyl (C=O) groups is 2. The van der Waals surface area contributed by atoms with Gasteiger partial charge in [-0.3, -0.25) is 4.79 Å². The van der Waals surface area contributed by atoms with E-state index in [-0.39, 0.29) is 30.4 Å². The fourth-order valence-corrected chi connectivity index (χ4v) is 3.18. The molecule has 3 atom stereocenters. The molecule has 1 aliphatic rings. The molecule has 1 N–H and O–H groups in total. The number of carboxylic acids is 1. The monoisotopic (exact) mass is 339 g/mol. The first-order valence-electron chi connectivity index (χ1n) is 7.72. The van der Waals surface area contributed by atoms with E-state index in [2.05, 4.69) is 0 Å². The number of morpholine rings is 1. The van der Waals surface area contributed by atoms with Crippen LogP contribution in [0.3, 0.4) is 0 Å². The summed E-state index contributed by atoms with van der Waals surface area (Å²) >= 11 is 6.05. The Hall–Kier alpha value is -1.59. The molecule has 0 spiro atoms. The van der Waals surface area contributed by atoms with E-state index in [9.17, 15) is 14.7 Å². The van der Waals surface area contributed by atoms with Crippen LogP contribution in [0.1, 0.15) is 32.3 Å². The van der Waals surface area contributed by atoms with Gasteiger partial charge in [-0.15, -0.1) is 0 Å². The number of benzene rings is 1. The highest BCUT2D eigenvalue weighted by Crippen LogP contribution is 2.29. The van der Waals surface area contributed by atoms with Crippen LogP contribution in [0, 0.1) is 5.92 Å². The summed E-state index contributed by atoms with van der Waals surface area (Å²) in [4.78, 5) is 25.8. The number of aliphatic carboxylic acids is 1. The molecule has 0 aromatic heterocycles. The summed E-state index contributed by atoms with van der Waals surface area (Å²) in [6.45, 7) is 6.19. The molecule has 1 amide bonds. The van der Waals surface area contributed by atoms with Crippen LogP contribution in [0.15, 0.2) is 24.3 Å². The second-order valence-electron chi connectivity index (χ2n) is 6.29. The molecule has 0 radical (unpaired) electrons. The van der Waals surface area contributed by atoms with Crippen molar-refractivity contribution in [3.63, 3.8) is 0 Å². The number of amides is 1. The number of hydrogen-bond donors (Lipinski definition) is 1. The Bertz CT molecular complexity index is 590. The predicted molar refractivity (Wildman–Crippen MR) is 87.6 cm³/mol. The highest BCUT2D eigenvalue weighted by molar-refractivity contribution is 6.30. The highest BCUT2D eigenvalue weighted by Gasteiger charge is 2.36. The third-order valence-corrected chi connectivity index (χ3v) is 4.22. The molecular weight excluding hydrogens is 318 g/mol. The molecule has 0 bridgehead atoms. The molecule has 2 rings (SSSR count). The quantitative estimate of drug-likeness (QED) is 0.916. The first-order valence-corrected chi connectivity index (χ1v) is 8.10.